The van der Waals surface area contributed by atoms with E-state index in [1.54, 1.807) is 12.1 Å². The number of hydrogen-bond donors (Lipinski definition) is 2. The van der Waals surface area contributed by atoms with Crippen molar-refractivity contribution in [2.75, 3.05) is 5.73 Å². The average Bonchev–Trinajstić information content (AvgIpc) is 2.86. The smallest absolute Gasteiger partial charge is 0.243 e. The van der Waals surface area contributed by atoms with E-state index in [0.717, 1.165) is 16.7 Å². The highest BCUT2D eigenvalue weighted by molar-refractivity contribution is 7.89. The number of anilines is 1. The molecule has 4 nitrogen and oxygen atoms in total. The topological polar surface area (TPSA) is 72.2 Å². The number of nitrogen functional groups attached to an aromatic ring is 1. The summed E-state index contributed by atoms with van der Waals surface area (Å²) in [6, 6.07) is 4.93. The lowest BCUT2D eigenvalue weighted by atomic mass is 10.1. The molecule has 6 heteroatoms. The van der Waals surface area contributed by atoms with E-state index in [0.29, 0.717) is 0 Å². The van der Waals surface area contributed by atoms with E-state index in [1.807, 2.05) is 37.6 Å². The highest BCUT2D eigenvalue weighted by atomic mass is 32.2. The Labute approximate surface area is 123 Å². The van der Waals surface area contributed by atoms with Crippen molar-refractivity contribution in [1.29, 1.82) is 0 Å². The van der Waals surface area contributed by atoms with Gasteiger partial charge in [0.1, 0.15) is 4.90 Å². The van der Waals surface area contributed by atoms with Crippen LogP contribution in [0.5, 0.6) is 0 Å². The molecule has 2 aromatic rings. The number of sulfonamides is 1. The van der Waals surface area contributed by atoms with E-state index in [4.69, 9.17) is 5.73 Å². The lowest BCUT2D eigenvalue weighted by molar-refractivity contribution is 0.567. The van der Waals surface area contributed by atoms with Crippen LogP contribution in [0.15, 0.2) is 33.9 Å². The minimum absolute atomic E-state index is 0.141. The molecule has 1 aromatic heterocycles. The third-order valence-corrected chi connectivity index (χ3v) is 5.59. The first-order chi connectivity index (χ1) is 9.31. The molecule has 0 radical (unpaired) electrons. The fourth-order valence-corrected chi connectivity index (χ4v) is 4.11. The molecular formula is C14H18N2O2S2. The van der Waals surface area contributed by atoms with Gasteiger partial charge in [-0.1, -0.05) is 0 Å². The Kier molecular flexibility index (Phi) is 4.17. The van der Waals surface area contributed by atoms with Gasteiger partial charge >= 0.3 is 0 Å². The van der Waals surface area contributed by atoms with Crippen LogP contribution in [0.1, 0.15) is 29.7 Å². The molecule has 2 rings (SSSR count). The molecule has 108 valence electrons. The highest BCUT2D eigenvalue weighted by Gasteiger charge is 2.21. The van der Waals surface area contributed by atoms with Gasteiger partial charge in [0, 0.05) is 6.04 Å². The van der Waals surface area contributed by atoms with E-state index in [9.17, 15) is 8.42 Å². The van der Waals surface area contributed by atoms with Gasteiger partial charge in [-0.3, -0.25) is 0 Å². The molecule has 0 saturated heterocycles. The summed E-state index contributed by atoms with van der Waals surface area (Å²) in [6.07, 6.45) is 0. The molecule has 3 N–H and O–H groups in total. The number of nitrogens with one attached hydrogen (secondary N) is 1. The largest absolute Gasteiger partial charge is 0.398 e. The monoisotopic (exact) mass is 310 g/mol. The summed E-state index contributed by atoms with van der Waals surface area (Å²) in [5.41, 5.74) is 8.96. The van der Waals surface area contributed by atoms with Gasteiger partial charge in [0.05, 0.1) is 5.69 Å². The predicted octanol–water partition coefficient (Wildman–Crippen LogP) is 2.99. The summed E-state index contributed by atoms with van der Waals surface area (Å²) < 4.78 is 27.5. The van der Waals surface area contributed by atoms with Crippen molar-refractivity contribution in [2.24, 2.45) is 0 Å². The quantitative estimate of drug-likeness (QED) is 0.853. The standard InChI is InChI=1S/C14H18N2O2S2/c1-9-6-13(15)14(7-10(9)2)20(17,18)16-11(3)12-4-5-19-8-12/h4-8,11,16H,15H2,1-3H3. The number of benzene rings is 1. The molecule has 1 unspecified atom stereocenters. The van der Waals surface area contributed by atoms with Crippen LogP contribution >= 0.6 is 11.3 Å². The minimum Gasteiger partial charge on any atom is -0.398 e. The second-order valence-electron chi connectivity index (χ2n) is 4.87. The molecule has 1 aromatic carbocycles. The Morgan fingerprint density at radius 1 is 1.25 bits per heavy atom. The van der Waals surface area contributed by atoms with E-state index >= 15 is 0 Å². The van der Waals surface area contributed by atoms with Crippen molar-refractivity contribution in [3.05, 3.63) is 45.6 Å². The average molecular weight is 310 g/mol. The molecule has 1 heterocycles. The van der Waals surface area contributed by atoms with Gasteiger partial charge < -0.3 is 5.73 Å². The molecule has 0 saturated carbocycles. The summed E-state index contributed by atoms with van der Waals surface area (Å²) in [5, 5.41) is 3.85. The summed E-state index contributed by atoms with van der Waals surface area (Å²) in [4.78, 5) is 0.141. The maximum atomic E-state index is 12.4. The van der Waals surface area contributed by atoms with Gasteiger partial charge in [-0.15, -0.1) is 0 Å². The van der Waals surface area contributed by atoms with Gasteiger partial charge in [-0.2, -0.15) is 11.3 Å². The van der Waals surface area contributed by atoms with Crippen molar-refractivity contribution in [3.63, 3.8) is 0 Å². The van der Waals surface area contributed by atoms with Crippen molar-refractivity contribution in [1.82, 2.24) is 4.72 Å². The molecule has 0 amide bonds. The lowest BCUT2D eigenvalue weighted by Gasteiger charge is -2.15. The van der Waals surface area contributed by atoms with E-state index < -0.39 is 10.0 Å². The SMILES string of the molecule is Cc1cc(N)c(S(=O)(=O)NC(C)c2ccsc2)cc1C. The first kappa shape index (κ1) is 15.0. The second kappa shape index (κ2) is 5.55. The van der Waals surface area contributed by atoms with Crippen LogP contribution in [0.25, 0.3) is 0 Å². The van der Waals surface area contributed by atoms with Crippen LogP contribution in [0.4, 0.5) is 5.69 Å². The minimum atomic E-state index is -3.63. The Balaban J connectivity index is 2.34. The van der Waals surface area contributed by atoms with Crippen LogP contribution in [0.2, 0.25) is 0 Å². The fourth-order valence-electron chi connectivity index (χ4n) is 1.93. The van der Waals surface area contributed by atoms with E-state index in [1.165, 1.54) is 11.3 Å². The number of nitrogens with two attached hydrogens (primary N) is 1. The maximum Gasteiger partial charge on any atom is 0.243 e. The molecule has 0 fully saturated rings. The normalized spacial score (nSPS) is 13.3. The zero-order valence-electron chi connectivity index (χ0n) is 11.7. The summed E-state index contributed by atoms with van der Waals surface area (Å²) >= 11 is 1.54. The van der Waals surface area contributed by atoms with Crippen LogP contribution in [-0.4, -0.2) is 8.42 Å². The van der Waals surface area contributed by atoms with Crippen LogP contribution < -0.4 is 10.5 Å². The molecular weight excluding hydrogens is 292 g/mol. The third kappa shape index (κ3) is 3.03. The Morgan fingerprint density at radius 2 is 1.90 bits per heavy atom. The first-order valence-electron chi connectivity index (χ1n) is 6.22. The highest BCUT2D eigenvalue weighted by Crippen LogP contribution is 2.25. The predicted molar refractivity (Wildman–Crippen MR) is 83.4 cm³/mol. The van der Waals surface area contributed by atoms with Gasteiger partial charge in [0.25, 0.3) is 0 Å². The van der Waals surface area contributed by atoms with Gasteiger partial charge in [-0.05, 0) is 66.4 Å². The van der Waals surface area contributed by atoms with Crippen molar-refractivity contribution in [3.8, 4) is 0 Å². The van der Waals surface area contributed by atoms with Crippen LogP contribution in [-0.2, 0) is 10.0 Å². The van der Waals surface area contributed by atoms with Gasteiger partial charge in [0.2, 0.25) is 10.0 Å². The maximum absolute atomic E-state index is 12.4. The lowest BCUT2D eigenvalue weighted by Crippen LogP contribution is -2.27. The second-order valence-corrected chi connectivity index (χ2v) is 7.34. The third-order valence-electron chi connectivity index (χ3n) is 3.29. The summed E-state index contributed by atoms with van der Waals surface area (Å²) in [7, 11) is -3.63. The summed E-state index contributed by atoms with van der Waals surface area (Å²) in [5.74, 6) is 0. The first-order valence-corrected chi connectivity index (χ1v) is 8.65. The molecule has 0 spiro atoms. The zero-order chi connectivity index (χ0) is 14.9. The van der Waals surface area contributed by atoms with E-state index in [2.05, 4.69) is 4.72 Å². The Hall–Kier alpha value is -1.37. The van der Waals surface area contributed by atoms with Crippen LogP contribution in [0, 0.1) is 13.8 Å². The van der Waals surface area contributed by atoms with Crippen molar-refractivity contribution < 1.29 is 8.42 Å². The van der Waals surface area contributed by atoms with E-state index in [-0.39, 0.29) is 16.6 Å². The molecule has 0 aliphatic carbocycles. The number of hydrogen-bond acceptors (Lipinski definition) is 4. The zero-order valence-corrected chi connectivity index (χ0v) is 13.3. The van der Waals surface area contributed by atoms with Crippen molar-refractivity contribution >= 4 is 27.0 Å². The van der Waals surface area contributed by atoms with Gasteiger partial charge in [-0.25, -0.2) is 13.1 Å². The summed E-state index contributed by atoms with van der Waals surface area (Å²) in [6.45, 7) is 5.59. The molecule has 0 bridgehead atoms. The fraction of sp³-hybridized carbons (Fsp3) is 0.286. The Morgan fingerprint density at radius 3 is 2.50 bits per heavy atom. The molecule has 0 aliphatic heterocycles. The van der Waals surface area contributed by atoms with Crippen LogP contribution in [0.3, 0.4) is 0 Å². The van der Waals surface area contributed by atoms with Crippen molar-refractivity contribution in [2.45, 2.75) is 31.7 Å². The van der Waals surface area contributed by atoms with Gasteiger partial charge in [0.15, 0.2) is 0 Å². The number of thiophene rings is 1. The molecule has 20 heavy (non-hydrogen) atoms. The molecule has 1 atom stereocenters. The number of rotatable bonds is 4. The molecule has 0 aliphatic rings. The Bertz CT molecular complexity index is 707. The number of aryl methyl sites for hydroxylation is 2.